The molecular weight excluding hydrogens is 547 g/mol. The highest BCUT2D eigenvalue weighted by Gasteiger charge is 2.41. The largest absolute Gasteiger partial charge is 0.487 e. The number of pyridine rings is 1. The van der Waals surface area contributed by atoms with Crippen molar-refractivity contribution in [2.45, 2.75) is 64.4 Å². The summed E-state index contributed by atoms with van der Waals surface area (Å²) in [5.41, 5.74) is 1.22. The molecule has 0 fully saturated rings. The number of aromatic nitrogens is 2. The van der Waals surface area contributed by atoms with E-state index in [0.717, 1.165) is 28.6 Å². The number of aromatic amines is 1. The maximum Gasteiger partial charge on any atom is 0.303 e. The summed E-state index contributed by atoms with van der Waals surface area (Å²) in [7, 11) is 0. The number of carbonyl (C=O) groups is 1. The zero-order chi connectivity index (χ0) is 30.0. The lowest BCUT2D eigenvalue weighted by atomic mass is 9.87. The van der Waals surface area contributed by atoms with Gasteiger partial charge in [-0.3, -0.25) is 9.69 Å². The van der Waals surface area contributed by atoms with Gasteiger partial charge in [0.2, 0.25) is 5.88 Å². The van der Waals surface area contributed by atoms with E-state index in [4.69, 9.17) is 14.6 Å². The van der Waals surface area contributed by atoms with Gasteiger partial charge in [0.15, 0.2) is 0 Å². The standard InChI is InChI=1S/C32H34F3N3O4/c1-19-14-23-22-9-4-5-10-26(22)37-30(23)31(38(19)18-32(2,3)35)29-24(33)15-21(16-25(29)34)42-17-20-8-6-11-27(36-20)41-13-7-12-28(39)40/h4-6,8-11,15-16,19,31,37H,7,12-14,17-18H2,1-3H3,(H,39,40)/t19-,31-/m1/s1. The predicted octanol–water partition coefficient (Wildman–Crippen LogP) is 6.75. The molecule has 1 aliphatic rings. The fraction of sp³-hybridized carbons (Fsp3) is 0.375. The highest BCUT2D eigenvalue weighted by molar-refractivity contribution is 5.85. The lowest BCUT2D eigenvalue weighted by Crippen LogP contribution is -2.48. The molecule has 2 aromatic carbocycles. The monoisotopic (exact) mass is 581 g/mol. The van der Waals surface area contributed by atoms with E-state index in [0.29, 0.717) is 30.1 Å². The van der Waals surface area contributed by atoms with Crippen molar-refractivity contribution in [1.82, 2.24) is 14.9 Å². The molecule has 3 heterocycles. The van der Waals surface area contributed by atoms with Crippen molar-refractivity contribution in [3.05, 3.63) is 88.7 Å². The van der Waals surface area contributed by atoms with Crippen LogP contribution < -0.4 is 9.47 Å². The molecule has 7 nitrogen and oxygen atoms in total. The fourth-order valence-corrected chi connectivity index (χ4v) is 5.58. The lowest BCUT2D eigenvalue weighted by molar-refractivity contribution is -0.137. The van der Waals surface area contributed by atoms with Gasteiger partial charge in [0.1, 0.15) is 29.7 Å². The first-order valence-electron chi connectivity index (χ1n) is 14.0. The van der Waals surface area contributed by atoms with Crippen molar-refractivity contribution in [2.75, 3.05) is 13.2 Å². The van der Waals surface area contributed by atoms with Crippen molar-refractivity contribution in [3.8, 4) is 11.6 Å². The molecule has 42 heavy (non-hydrogen) atoms. The number of hydrogen-bond acceptors (Lipinski definition) is 5. The van der Waals surface area contributed by atoms with Crippen LogP contribution in [0.15, 0.2) is 54.6 Å². The number of fused-ring (bicyclic) bond motifs is 3. The van der Waals surface area contributed by atoms with E-state index >= 15 is 8.78 Å². The molecule has 10 heteroatoms. The minimum Gasteiger partial charge on any atom is -0.487 e. The predicted molar refractivity (Wildman–Crippen MR) is 152 cm³/mol. The van der Waals surface area contributed by atoms with Crippen molar-refractivity contribution in [3.63, 3.8) is 0 Å². The number of para-hydroxylation sites is 1. The maximum absolute atomic E-state index is 15.9. The van der Waals surface area contributed by atoms with Crippen molar-refractivity contribution < 1.29 is 32.5 Å². The van der Waals surface area contributed by atoms with E-state index in [1.807, 2.05) is 36.1 Å². The van der Waals surface area contributed by atoms with Crippen LogP contribution in [0.3, 0.4) is 0 Å². The van der Waals surface area contributed by atoms with Gasteiger partial charge >= 0.3 is 5.97 Å². The molecule has 2 aromatic heterocycles. The normalized spacial score (nSPS) is 17.3. The molecule has 2 atom stereocenters. The van der Waals surface area contributed by atoms with Crippen LogP contribution in [0.5, 0.6) is 11.6 Å². The summed E-state index contributed by atoms with van der Waals surface area (Å²) in [5.74, 6) is -2.21. The molecule has 4 aromatic rings. The second kappa shape index (κ2) is 12.1. The molecule has 0 unspecified atom stereocenters. The van der Waals surface area contributed by atoms with E-state index < -0.39 is 29.3 Å². The molecular formula is C32H34F3N3O4. The Morgan fingerprint density at radius 2 is 1.86 bits per heavy atom. The second-order valence-corrected chi connectivity index (χ2v) is 11.3. The quantitative estimate of drug-likeness (QED) is 0.191. The second-order valence-electron chi connectivity index (χ2n) is 11.3. The average molecular weight is 582 g/mol. The Morgan fingerprint density at radius 1 is 1.12 bits per heavy atom. The Labute approximate surface area is 242 Å². The van der Waals surface area contributed by atoms with Gasteiger partial charge in [-0.05, 0) is 51.3 Å². The molecule has 1 aliphatic heterocycles. The fourth-order valence-electron chi connectivity index (χ4n) is 5.58. The van der Waals surface area contributed by atoms with Gasteiger partial charge in [-0.2, -0.15) is 0 Å². The number of carboxylic acid groups (broad SMARTS) is 1. The topological polar surface area (TPSA) is 87.7 Å². The van der Waals surface area contributed by atoms with Gasteiger partial charge in [-0.1, -0.05) is 24.3 Å². The summed E-state index contributed by atoms with van der Waals surface area (Å²) < 4.78 is 57.9. The van der Waals surface area contributed by atoms with Crippen LogP contribution in [0, 0.1) is 11.6 Å². The number of alkyl halides is 1. The molecule has 0 amide bonds. The zero-order valence-electron chi connectivity index (χ0n) is 23.8. The van der Waals surface area contributed by atoms with Crippen LogP contribution in [0.4, 0.5) is 13.2 Å². The first-order chi connectivity index (χ1) is 20.0. The Balaban J connectivity index is 1.41. The number of benzene rings is 2. The highest BCUT2D eigenvalue weighted by atomic mass is 19.1. The Morgan fingerprint density at radius 3 is 2.57 bits per heavy atom. The molecule has 222 valence electrons. The zero-order valence-corrected chi connectivity index (χ0v) is 23.8. The molecule has 0 bridgehead atoms. The third-order valence-electron chi connectivity index (χ3n) is 7.35. The smallest absolute Gasteiger partial charge is 0.303 e. The van der Waals surface area contributed by atoms with E-state index in [1.54, 1.807) is 18.2 Å². The van der Waals surface area contributed by atoms with Crippen LogP contribution >= 0.6 is 0 Å². The first kappa shape index (κ1) is 29.4. The van der Waals surface area contributed by atoms with Crippen LogP contribution in [-0.2, 0) is 17.8 Å². The van der Waals surface area contributed by atoms with Crippen LogP contribution in [-0.4, -0.2) is 50.8 Å². The van der Waals surface area contributed by atoms with Crippen LogP contribution in [0.2, 0.25) is 0 Å². The van der Waals surface area contributed by atoms with E-state index in [1.165, 1.54) is 13.8 Å². The summed E-state index contributed by atoms with van der Waals surface area (Å²) >= 11 is 0. The summed E-state index contributed by atoms with van der Waals surface area (Å²) in [6.07, 6.45) is 0.939. The molecule has 0 spiro atoms. The van der Waals surface area contributed by atoms with Crippen molar-refractivity contribution >= 4 is 16.9 Å². The molecule has 2 N–H and O–H groups in total. The number of H-pyrrole nitrogens is 1. The summed E-state index contributed by atoms with van der Waals surface area (Å²) in [4.78, 5) is 20.2. The van der Waals surface area contributed by atoms with Gasteiger partial charge < -0.3 is 19.6 Å². The summed E-state index contributed by atoms with van der Waals surface area (Å²) in [6.45, 7) is 4.99. The molecule has 0 saturated carbocycles. The van der Waals surface area contributed by atoms with Gasteiger partial charge in [0.05, 0.1) is 18.3 Å². The maximum atomic E-state index is 15.9. The summed E-state index contributed by atoms with van der Waals surface area (Å²) in [6, 6.07) is 14.0. The van der Waals surface area contributed by atoms with Crippen molar-refractivity contribution in [2.24, 2.45) is 0 Å². The highest BCUT2D eigenvalue weighted by Crippen LogP contribution is 2.43. The van der Waals surface area contributed by atoms with Crippen LogP contribution in [0.1, 0.15) is 62.2 Å². The molecule has 0 saturated heterocycles. The van der Waals surface area contributed by atoms with Crippen molar-refractivity contribution in [1.29, 1.82) is 0 Å². The number of halogens is 3. The van der Waals surface area contributed by atoms with E-state index in [-0.39, 0.29) is 43.5 Å². The number of hydrogen-bond donors (Lipinski definition) is 2. The Kier molecular flexibility index (Phi) is 8.45. The first-order valence-corrected chi connectivity index (χ1v) is 14.0. The average Bonchev–Trinajstić information content (AvgIpc) is 3.28. The lowest BCUT2D eigenvalue weighted by Gasteiger charge is -2.43. The minimum atomic E-state index is -1.59. The van der Waals surface area contributed by atoms with Crippen LogP contribution in [0.25, 0.3) is 10.9 Å². The molecule has 5 rings (SSSR count). The molecule has 0 radical (unpaired) electrons. The number of nitrogens with one attached hydrogen (secondary N) is 1. The summed E-state index contributed by atoms with van der Waals surface area (Å²) in [5, 5.41) is 9.74. The molecule has 0 aliphatic carbocycles. The SMILES string of the molecule is C[C@@H]1Cc2c([nH]c3ccccc23)[C@@H](c2c(F)cc(OCc3cccc(OCCCC(=O)O)n3)cc2F)N1CC(C)(C)F. The van der Waals surface area contributed by atoms with E-state index in [2.05, 4.69) is 9.97 Å². The van der Waals surface area contributed by atoms with E-state index in [9.17, 15) is 9.18 Å². The number of carboxylic acids is 1. The Bertz CT molecular complexity index is 1560. The number of rotatable bonds is 11. The third-order valence-corrected chi connectivity index (χ3v) is 7.35. The van der Waals surface area contributed by atoms with Gasteiger partial charge in [-0.15, -0.1) is 0 Å². The number of aliphatic carboxylic acids is 1. The van der Waals surface area contributed by atoms with Gasteiger partial charge in [-0.25, -0.2) is 18.2 Å². The third kappa shape index (κ3) is 6.54. The number of ether oxygens (including phenoxy) is 2. The Hall–Kier alpha value is -4.05. The number of nitrogens with zero attached hydrogens (tertiary/aromatic N) is 2. The van der Waals surface area contributed by atoms with Gasteiger partial charge in [0.25, 0.3) is 0 Å². The van der Waals surface area contributed by atoms with Gasteiger partial charge in [0, 0.05) is 59.4 Å². The minimum absolute atomic E-state index is 0.00877.